The molecule has 41 valence electrons. The smallest absolute Gasteiger partial charge is 0.203 e. The summed E-state index contributed by atoms with van der Waals surface area (Å²) in [4.78, 5) is 3.92. The Morgan fingerprint density at radius 1 is 1.88 bits per heavy atom. The van der Waals surface area contributed by atoms with Gasteiger partial charge in [0.15, 0.2) is 0 Å². The second kappa shape index (κ2) is 1.24. The molecule has 2 heterocycles. The molecule has 0 aliphatic carbocycles. The van der Waals surface area contributed by atoms with Crippen molar-refractivity contribution in [1.29, 1.82) is 0 Å². The Labute approximate surface area is 47.3 Å². The van der Waals surface area contributed by atoms with Crippen LogP contribution in [0.25, 0.3) is 0 Å². The zero-order chi connectivity index (χ0) is 5.40. The lowest BCUT2D eigenvalue weighted by atomic mass is 10.7. The Morgan fingerprint density at radius 2 is 2.88 bits per heavy atom. The van der Waals surface area contributed by atoms with Crippen LogP contribution in [0.4, 0.5) is 5.95 Å². The van der Waals surface area contributed by atoms with E-state index in [-0.39, 0.29) is 0 Å². The first-order valence-corrected chi connectivity index (χ1v) is 2.64. The molecule has 1 aliphatic heterocycles. The molecule has 2 rings (SSSR count). The zero-order valence-electron chi connectivity index (χ0n) is 4.39. The molecule has 3 heteroatoms. The number of aromatic nitrogens is 2. The van der Waals surface area contributed by atoms with Crippen LogP contribution in [0.2, 0.25) is 0 Å². The van der Waals surface area contributed by atoms with Gasteiger partial charge in [0.05, 0.1) is 0 Å². The summed E-state index contributed by atoms with van der Waals surface area (Å²) >= 11 is 0. The van der Waals surface area contributed by atoms with Gasteiger partial charge in [0.1, 0.15) is 6.20 Å². The van der Waals surface area contributed by atoms with Crippen molar-refractivity contribution in [2.75, 3.05) is 11.9 Å². The summed E-state index contributed by atoms with van der Waals surface area (Å²) in [6.45, 7) is 2.04. The maximum Gasteiger partial charge on any atom is 0.203 e. The number of nitrogens with zero attached hydrogens (tertiary/aromatic N) is 2. The van der Waals surface area contributed by atoms with Gasteiger partial charge in [-0.15, -0.1) is 0 Å². The lowest BCUT2D eigenvalue weighted by Crippen LogP contribution is -1.93. The lowest BCUT2D eigenvalue weighted by Gasteiger charge is -1.86. The van der Waals surface area contributed by atoms with Gasteiger partial charge in [0, 0.05) is 19.3 Å². The molecule has 0 atom stereocenters. The molecule has 0 amide bonds. The molecule has 0 aromatic carbocycles. The van der Waals surface area contributed by atoms with E-state index in [9.17, 15) is 0 Å². The first-order chi connectivity index (χ1) is 3.97. The van der Waals surface area contributed by atoms with Crippen LogP contribution >= 0.6 is 0 Å². The number of hydrogen-bond acceptors (Lipinski definition) is 2. The van der Waals surface area contributed by atoms with E-state index in [4.69, 9.17) is 0 Å². The molecule has 0 saturated heterocycles. The van der Waals surface area contributed by atoms with Crippen molar-refractivity contribution in [3.8, 4) is 0 Å². The zero-order valence-corrected chi connectivity index (χ0v) is 4.39. The van der Waals surface area contributed by atoms with Crippen LogP contribution in [0.15, 0.2) is 6.20 Å². The molecule has 1 aromatic heterocycles. The molecular formula is C5H6N3. The molecule has 1 aromatic rings. The van der Waals surface area contributed by atoms with Crippen LogP contribution in [0.5, 0.6) is 0 Å². The van der Waals surface area contributed by atoms with Gasteiger partial charge < -0.3 is 9.88 Å². The number of fused-ring (bicyclic) bond motifs is 1. The van der Waals surface area contributed by atoms with Crippen LogP contribution in [0.1, 0.15) is 0 Å². The normalized spacial score (nSPS) is 15.5. The van der Waals surface area contributed by atoms with Crippen LogP contribution in [-0.4, -0.2) is 16.1 Å². The summed E-state index contributed by atoms with van der Waals surface area (Å²) in [5, 5.41) is 3.10. The quantitative estimate of drug-likeness (QED) is 0.511. The third kappa shape index (κ3) is 0.358. The Bertz CT molecular complexity index is 173. The Kier molecular flexibility index (Phi) is 0.614. The SMILES string of the molecule is [c]1cn2c(n1)NCC2. The highest BCUT2D eigenvalue weighted by atomic mass is 15.2. The average molecular weight is 108 g/mol. The predicted octanol–water partition coefficient (Wildman–Crippen LogP) is 0.109. The molecular weight excluding hydrogens is 102 g/mol. The van der Waals surface area contributed by atoms with E-state index in [1.807, 2.05) is 10.8 Å². The van der Waals surface area contributed by atoms with Gasteiger partial charge in [-0.25, -0.2) is 4.98 Å². The van der Waals surface area contributed by atoms with Gasteiger partial charge in [-0.05, 0) is 0 Å². The standard InChI is InChI=1S/C5H6N3/c1-3-8-4-2-7-5(8)6-1/h4H,1,3H2,(H,6,7). The summed E-state index contributed by atoms with van der Waals surface area (Å²) in [6.07, 6.45) is 4.61. The number of nitrogens with one attached hydrogen (secondary N) is 1. The largest absolute Gasteiger partial charge is 0.354 e. The highest BCUT2D eigenvalue weighted by Crippen LogP contribution is 2.07. The molecule has 0 spiro atoms. The number of anilines is 1. The second-order valence-corrected chi connectivity index (χ2v) is 1.81. The van der Waals surface area contributed by atoms with E-state index in [2.05, 4.69) is 16.5 Å². The number of hydrogen-bond donors (Lipinski definition) is 1. The molecule has 1 aliphatic rings. The van der Waals surface area contributed by atoms with Gasteiger partial charge in [-0.2, -0.15) is 0 Å². The van der Waals surface area contributed by atoms with Crippen molar-refractivity contribution in [1.82, 2.24) is 9.55 Å². The first-order valence-electron chi connectivity index (χ1n) is 2.64. The third-order valence-electron chi connectivity index (χ3n) is 1.29. The molecule has 0 bridgehead atoms. The summed E-state index contributed by atoms with van der Waals surface area (Å²) in [6, 6.07) is 0. The van der Waals surface area contributed by atoms with Crippen molar-refractivity contribution < 1.29 is 0 Å². The minimum atomic E-state index is 0.949. The van der Waals surface area contributed by atoms with E-state index >= 15 is 0 Å². The highest BCUT2D eigenvalue weighted by molar-refractivity contribution is 5.28. The van der Waals surface area contributed by atoms with Crippen molar-refractivity contribution in [3.05, 3.63) is 12.4 Å². The molecule has 0 fully saturated rings. The molecule has 0 unspecified atom stereocenters. The van der Waals surface area contributed by atoms with Crippen molar-refractivity contribution >= 4 is 5.95 Å². The monoisotopic (exact) mass is 108 g/mol. The second-order valence-electron chi connectivity index (χ2n) is 1.81. The number of rotatable bonds is 0. The first kappa shape index (κ1) is 3.95. The van der Waals surface area contributed by atoms with Gasteiger partial charge >= 0.3 is 0 Å². The van der Waals surface area contributed by atoms with Gasteiger partial charge in [0.25, 0.3) is 0 Å². The summed E-state index contributed by atoms with van der Waals surface area (Å²) in [5.41, 5.74) is 0. The Balaban J connectivity index is 2.54. The fourth-order valence-electron chi connectivity index (χ4n) is 0.885. The maximum atomic E-state index is 3.92. The average Bonchev–Trinajstić information content (AvgIpc) is 2.15. The molecule has 0 saturated carbocycles. The predicted molar refractivity (Wildman–Crippen MR) is 29.6 cm³/mol. The molecule has 8 heavy (non-hydrogen) atoms. The topological polar surface area (TPSA) is 29.9 Å². The fraction of sp³-hybridized carbons (Fsp3) is 0.400. The van der Waals surface area contributed by atoms with E-state index in [1.165, 1.54) is 0 Å². The van der Waals surface area contributed by atoms with E-state index in [0.29, 0.717) is 0 Å². The van der Waals surface area contributed by atoms with E-state index < -0.39 is 0 Å². The third-order valence-corrected chi connectivity index (χ3v) is 1.29. The van der Waals surface area contributed by atoms with E-state index in [1.54, 1.807) is 0 Å². The van der Waals surface area contributed by atoms with Crippen LogP contribution in [0, 0.1) is 6.20 Å². The number of imidazole rings is 1. The Hall–Kier alpha value is -0.990. The minimum absolute atomic E-state index is 0.949. The Morgan fingerprint density at radius 3 is 3.75 bits per heavy atom. The van der Waals surface area contributed by atoms with Gasteiger partial charge in [-0.3, -0.25) is 0 Å². The summed E-state index contributed by atoms with van der Waals surface area (Å²) in [7, 11) is 0. The van der Waals surface area contributed by atoms with Crippen molar-refractivity contribution in [2.24, 2.45) is 0 Å². The van der Waals surface area contributed by atoms with Crippen LogP contribution < -0.4 is 5.32 Å². The molecule has 3 nitrogen and oxygen atoms in total. The highest BCUT2D eigenvalue weighted by Gasteiger charge is 2.06. The van der Waals surface area contributed by atoms with Crippen LogP contribution in [-0.2, 0) is 6.54 Å². The summed E-state index contributed by atoms with van der Waals surface area (Å²) < 4.78 is 2.04. The maximum absolute atomic E-state index is 3.92. The van der Waals surface area contributed by atoms with Crippen LogP contribution in [0.3, 0.4) is 0 Å². The van der Waals surface area contributed by atoms with Gasteiger partial charge in [-0.1, -0.05) is 0 Å². The fourth-order valence-corrected chi connectivity index (χ4v) is 0.885. The molecule has 1 radical (unpaired) electrons. The van der Waals surface area contributed by atoms with Gasteiger partial charge in [0.2, 0.25) is 5.95 Å². The minimum Gasteiger partial charge on any atom is -0.354 e. The lowest BCUT2D eigenvalue weighted by molar-refractivity contribution is 0.809. The van der Waals surface area contributed by atoms with E-state index in [0.717, 1.165) is 19.0 Å². The summed E-state index contributed by atoms with van der Waals surface area (Å²) in [5.74, 6) is 0.949. The molecule has 1 N–H and O–H groups in total. The van der Waals surface area contributed by atoms with Crippen molar-refractivity contribution in [2.45, 2.75) is 6.54 Å². The van der Waals surface area contributed by atoms with Crippen molar-refractivity contribution in [3.63, 3.8) is 0 Å².